The molecule has 1 heterocycles. The predicted octanol–water partition coefficient (Wildman–Crippen LogP) is 3.93. The van der Waals surface area contributed by atoms with Gasteiger partial charge < -0.3 is 19.7 Å². The van der Waals surface area contributed by atoms with E-state index in [2.05, 4.69) is 33.2 Å². The number of hydrogen-bond acceptors (Lipinski definition) is 4. The first kappa shape index (κ1) is 20.7. The van der Waals surface area contributed by atoms with Gasteiger partial charge >= 0.3 is 0 Å². The van der Waals surface area contributed by atoms with Crippen LogP contribution in [0.15, 0.2) is 46.9 Å². The van der Waals surface area contributed by atoms with Gasteiger partial charge in [0.25, 0.3) is 5.91 Å². The van der Waals surface area contributed by atoms with Gasteiger partial charge in [0.05, 0.1) is 0 Å². The summed E-state index contributed by atoms with van der Waals surface area (Å²) in [5.74, 6) is 1.43. The first-order valence-corrected chi connectivity index (χ1v) is 10.4. The summed E-state index contributed by atoms with van der Waals surface area (Å²) in [6, 6.07) is 13.6. The summed E-state index contributed by atoms with van der Waals surface area (Å²) in [4.78, 5) is 14.4. The summed E-state index contributed by atoms with van der Waals surface area (Å²) in [5, 5.41) is 2.88. The highest BCUT2D eigenvalue weighted by atomic mass is 79.9. The van der Waals surface area contributed by atoms with Crippen LogP contribution in [-0.2, 0) is 11.3 Å². The molecular weight excluding hydrogens is 420 g/mol. The van der Waals surface area contributed by atoms with Gasteiger partial charge in [-0.25, -0.2) is 0 Å². The number of halogens is 1. The van der Waals surface area contributed by atoms with Gasteiger partial charge in [0.15, 0.2) is 6.61 Å². The lowest BCUT2D eigenvalue weighted by molar-refractivity contribution is -0.123. The number of likely N-dealkylation sites (tertiary alicyclic amines) is 1. The normalized spacial score (nSPS) is 15.2. The van der Waals surface area contributed by atoms with E-state index >= 15 is 0 Å². The molecule has 150 valence electrons. The molecule has 28 heavy (non-hydrogen) atoms. The molecule has 0 saturated carbocycles. The summed E-state index contributed by atoms with van der Waals surface area (Å²) in [6.07, 6.45) is 2.42. The van der Waals surface area contributed by atoms with Crippen molar-refractivity contribution >= 4 is 21.8 Å². The summed E-state index contributed by atoms with van der Waals surface area (Å²) in [6.45, 7) is 4.61. The van der Waals surface area contributed by atoms with Crippen molar-refractivity contribution in [2.75, 3.05) is 26.7 Å². The van der Waals surface area contributed by atoms with Crippen molar-refractivity contribution in [1.29, 1.82) is 0 Å². The average molecular weight is 447 g/mol. The van der Waals surface area contributed by atoms with E-state index < -0.39 is 0 Å². The molecule has 1 amide bonds. The van der Waals surface area contributed by atoms with Crippen LogP contribution in [0.2, 0.25) is 0 Å². The molecule has 0 aliphatic carbocycles. The van der Waals surface area contributed by atoms with E-state index in [1.54, 1.807) is 0 Å². The maximum absolute atomic E-state index is 12.0. The van der Waals surface area contributed by atoms with Crippen LogP contribution in [0, 0.1) is 6.92 Å². The minimum Gasteiger partial charge on any atom is -0.490 e. The third kappa shape index (κ3) is 6.24. The Balaban J connectivity index is 1.40. The van der Waals surface area contributed by atoms with Crippen LogP contribution >= 0.6 is 15.9 Å². The number of amides is 1. The summed E-state index contributed by atoms with van der Waals surface area (Å²) < 4.78 is 12.6. The number of hydrogen-bond donors (Lipinski definition) is 1. The first-order chi connectivity index (χ1) is 13.5. The molecule has 2 aromatic rings. The second-order valence-corrected chi connectivity index (χ2v) is 8.10. The maximum Gasteiger partial charge on any atom is 0.258 e. The fraction of sp³-hybridized carbons (Fsp3) is 0.409. The molecule has 0 aromatic heterocycles. The van der Waals surface area contributed by atoms with Crippen LogP contribution in [0.4, 0.5) is 0 Å². The van der Waals surface area contributed by atoms with E-state index in [1.807, 2.05) is 49.4 Å². The average Bonchev–Trinajstić information content (AvgIpc) is 2.70. The van der Waals surface area contributed by atoms with Crippen molar-refractivity contribution in [1.82, 2.24) is 10.2 Å². The van der Waals surface area contributed by atoms with Crippen LogP contribution in [0.25, 0.3) is 0 Å². The molecule has 6 heteroatoms. The number of aryl methyl sites for hydroxylation is 1. The lowest BCUT2D eigenvalue weighted by atomic mass is 10.1. The zero-order valence-electron chi connectivity index (χ0n) is 16.4. The van der Waals surface area contributed by atoms with Crippen LogP contribution in [0.3, 0.4) is 0 Å². The minimum atomic E-state index is -0.146. The number of nitrogens with zero attached hydrogens (tertiary/aromatic N) is 1. The summed E-state index contributed by atoms with van der Waals surface area (Å²) >= 11 is 3.45. The molecule has 1 aliphatic heterocycles. The molecule has 5 nitrogen and oxygen atoms in total. The van der Waals surface area contributed by atoms with Gasteiger partial charge in [-0.2, -0.15) is 0 Å². The van der Waals surface area contributed by atoms with Gasteiger partial charge in [-0.1, -0.05) is 28.1 Å². The Labute approximate surface area is 175 Å². The molecule has 2 aromatic carbocycles. The van der Waals surface area contributed by atoms with Gasteiger partial charge in [0, 0.05) is 24.1 Å². The van der Waals surface area contributed by atoms with Gasteiger partial charge in [0.1, 0.15) is 17.6 Å². The minimum absolute atomic E-state index is 0.00159. The van der Waals surface area contributed by atoms with Crippen molar-refractivity contribution < 1.29 is 14.3 Å². The molecular formula is C22H27BrN2O3. The predicted molar refractivity (Wildman–Crippen MR) is 114 cm³/mol. The molecule has 1 saturated heterocycles. The third-order valence-corrected chi connectivity index (χ3v) is 5.77. The zero-order chi connectivity index (χ0) is 19.9. The molecule has 1 aliphatic rings. The third-order valence-electron chi connectivity index (χ3n) is 4.88. The van der Waals surface area contributed by atoms with Crippen molar-refractivity contribution in [3.63, 3.8) is 0 Å². The smallest absolute Gasteiger partial charge is 0.258 e. The molecule has 0 radical (unpaired) electrons. The van der Waals surface area contributed by atoms with Crippen molar-refractivity contribution in [2.45, 2.75) is 32.4 Å². The van der Waals surface area contributed by atoms with Crippen LogP contribution in [-0.4, -0.2) is 43.7 Å². The number of ether oxygens (including phenoxy) is 2. The molecule has 3 rings (SSSR count). The Morgan fingerprint density at radius 1 is 1.14 bits per heavy atom. The van der Waals surface area contributed by atoms with Crippen molar-refractivity contribution in [3.8, 4) is 11.5 Å². The standard InChI is InChI=1S/C22H27BrN2O3/c1-16-13-20(7-8-21(16)23)27-15-22(26)24-14-17-3-5-18(6-4-17)28-19-9-11-25(2)12-10-19/h3-8,13,19H,9-12,14-15H2,1-2H3,(H,24,26). The first-order valence-electron chi connectivity index (χ1n) is 9.59. The lowest BCUT2D eigenvalue weighted by Gasteiger charge is -2.29. The Kier molecular flexibility index (Phi) is 7.34. The fourth-order valence-corrected chi connectivity index (χ4v) is 3.34. The Hall–Kier alpha value is -2.05. The van der Waals surface area contributed by atoms with Crippen LogP contribution in [0.5, 0.6) is 11.5 Å². The van der Waals surface area contributed by atoms with Gasteiger partial charge in [-0.15, -0.1) is 0 Å². The Morgan fingerprint density at radius 2 is 1.82 bits per heavy atom. The number of piperidine rings is 1. The largest absolute Gasteiger partial charge is 0.490 e. The van der Waals surface area contributed by atoms with Crippen molar-refractivity contribution in [2.24, 2.45) is 0 Å². The molecule has 0 bridgehead atoms. The Bertz CT molecular complexity index is 787. The van der Waals surface area contributed by atoms with E-state index in [-0.39, 0.29) is 12.5 Å². The van der Waals surface area contributed by atoms with Gasteiger partial charge in [-0.05, 0) is 68.3 Å². The van der Waals surface area contributed by atoms with E-state index in [0.29, 0.717) is 18.4 Å². The number of rotatable bonds is 7. The number of carbonyl (C=O) groups is 1. The quantitative estimate of drug-likeness (QED) is 0.699. The van der Waals surface area contributed by atoms with Gasteiger partial charge in [-0.3, -0.25) is 4.79 Å². The maximum atomic E-state index is 12.0. The number of benzene rings is 2. The van der Waals surface area contributed by atoms with Crippen LogP contribution in [0.1, 0.15) is 24.0 Å². The highest BCUT2D eigenvalue weighted by molar-refractivity contribution is 9.10. The van der Waals surface area contributed by atoms with Gasteiger partial charge in [0.2, 0.25) is 0 Å². The summed E-state index contributed by atoms with van der Waals surface area (Å²) in [7, 11) is 2.14. The molecule has 1 fully saturated rings. The fourth-order valence-electron chi connectivity index (χ4n) is 3.09. The van der Waals surface area contributed by atoms with E-state index in [0.717, 1.165) is 47.3 Å². The Morgan fingerprint density at radius 3 is 2.50 bits per heavy atom. The van der Waals surface area contributed by atoms with Crippen LogP contribution < -0.4 is 14.8 Å². The summed E-state index contributed by atoms with van der Waals surface area (Å²) in [5.41, 5.74) is 2.10. The molecule has 0 spiro atoms. The van der Waals surface area contributed by atoms with Crippen molar-refractivity contribution in [3.05, 3.63) is 58.1 Å². The SMILES string of the molecule is Cc1cc(OCC(=O)NCc2ccc(OC3CCN(C)CC3)cc2)ccc1Br. The molecule has 1 N–H and O–H groups in total. The number of carbonyl (C=O) groups excluding carboxylic acids is 1. The molecule has 0 unspecified atom stereocenters. The highest BCUT2D eigenvalue weighted by Gasteiger charge is 2.17. The molecule has 0 atom stereocenters. The van der Waals surface area contributed by atoms with E-state index in [4.69, 9.17) is 9.47 Å². The monoisotopic (exact) mass is 446 g/mol. The zero-order valence-corrected chi connectivity index (χ0v) is 18.0. The second-order valence-electron chi connectivity index (χ2n) is 7.24. The topological polar surface area (TPSA) is 50.8 Å². The van der Waals surface area contributed by atoms with E-state index in [9.17, 15) is 4.79 Å². The second kappa shape index (κ2) is 9.94. The lowest BCUT2D eigenvalue weighted by Crippen LogP contribution is -2.35. The van der Waals surface area contributed by atoms with E-state index in [1.165, 1.54) is 0 Å². The highest BCUT2D eigenvalue weighted by Crippen LogP contribution is 2.21. The number of nitrogens with one attached hydrogen (secondary N) is 1.